The molecule has 0 aliphatic rings. The Kier molecular flexibility index (Phi) is 3.59. The SMILES string of the molecule is CC(=C(Cl)Cl)S(=O)(=O)c1ccccc1. The van der Waals surface area contributed by atoms with E-state index >= 15 is 0 Å². The molecule has 76 valence electrons. The van der Waals surface area contributed by atoms with Gasteiger partial charge < -0.3 is 0 Å². The smallest absolute Gasteiger partial charge is 0.204 e. The summed E-state index contributed by atoms with van der Waals surface area (Å²) in [6.07, 6.45) is 0. The lowest BCUT2D eigenvalue weighted by Crippen LogP contribution is -2.02. The van der Waals surface area contributed by atoms with Gasteiger partial charge in [-0.15, -0.1) is 0 Å². The summed E-state index contributed by atoms with van der Waals surface area (Å²) in [7, 11) is -3.52. The van der Waals surface area contributed by atoms with E-state index in [4.69, 9.17) is 23.2 Å². The highest BCUT2D eigenvalue weighted by Gasteiger charge is 2.18. The molecule has 0 amide bonds. The highest BCUT2D eigenvalue weighted by molar-refractivity contribution is 7.95. The molecule has 0 aromatic heterocycles. The first-order chi connectivity index (χ1) is 6.46. The van der Waals surface area contributed by atoms with Crippen LogP contribution in [0.4, 0.5) is 0 Å². The van der Waals surface area contributed by atoms with Crippen molar-refractivity contribution in [3.63, 3.8) is 0 Å². The lowest BCUT2D eigenvalue weighted by atomic mass is 10.4. The van der Waals surface area contributed by atoms with Gasteiger partial charge in [-0.25, -0.2) is 8.42 Å². The van der Waals surface area contributed by atoms with Crippen LogP contribution < -0.4 is 0 Å². The molecule has 1 rings (SSSR count). The van der Waals surface area contributed by atoms with Gasteiger partial charge in [0.25, 0.3) is 0 Å². The molecule has 0 radical (unpaired) electrons. The van der Waals surface area contributed by atoms with Crippen LogP contribution in [0, 0.1) is 0 Å². The summed E-state index contributed by atoms with van der Waals surface area (Å²) in [5, 5.41) is 0. The van der Waals surface area contributed by atoms with Crippen molar-refractivity contribution in [3.05, 3.63) is 39.7 Å². The van der Waals surface area contributed by atoms with Crippen molar-refractivity contribution in [1.29, 1.82) is 0 Å². The fourth-order valence-electron chi connectivity index (χ4n) is 0.878. The van der Waals surface area contributed by atoms with Gasteiger partial charge in [0, 0.05) is 0 Å². The first-order valence-electron chi connectivity index (χ1n) is 3.78. The molecule has 0 aliphatic carbocycles. The molecular formula is C9H8Cl2O2S. The van der Waals surface area contributed by atoms with E-state index < -0.39 is 9.84 Å². The number of sulfone groups is 1. The molecule has 0 N–H and O–H groups in total. The third-order valence-electron chi connectivity index (χ3n) is 1.72. The first-order valence-corrected chi connectivity index (χ1v) is 6.02. The van der Waals surface area contributed by atoms with Crippen LogP contribution in [0.5, 0.6) is 0 Å². The number of hydrogen-bond donors (Lipinski definition) is 0. The lowest BCUT2D eigenvalue weighted by Gasteiger charge is -2.03. The Bertz CT molecular complexity index is 445. The van der Waals surface area contributed by atoms with Crippen molar-refractivity contribution in [2.75, 3.05) is 0 Å². The zero-order valence-corrected chi connectivity index (χ0v) is 9.70. The summed E-state index contributed by atoms with van der Waals surface area (Å²) >= 11 is 10.9. The Morgan fingerprint density at radius 2 is 1.64 bits per heavy atom. The topological polar surface area (TPSA) is 34.1 Å². The summed E-state index contributed by atoms with van der Waals surface area (Å²) in [4.78, 5) is 0.156. The lowest BCUT2D eigenvalue weighted by molar-refractivity contribution is 0.602. The van der Waals surface area contributed by atoms with E-state index in [2.05, 4.69) is 0 Å². The maximum atomic E-state index is 11.7. The monoisotopic (exact) mass is 250 g/mol. The van der Waals surface area contributed by atoms with Crippen LogP contribution in [0.15, 0.2) is 44.6 Å². The maximum absolute atomic E-state index is 11.7. The molecule has 0 spiro atoms. The maximum Gasteiger partial charge on any atom is 0.204 e. The molecule has 14 heavy (non-hydrogen) atoms. The third-order valence-corrected chi connectivity index (χ3v) is 4.42. The minimum atomic E-state index is -3.52. The Morgan fingerprint density at radius 1 is 1.14 bits per heavy atom. The van der Waals surface area contributed by atoms with Gasteiger partial charge in [-0.05, 0) is 19.1 Å². The van der Waals surface area contributed by atoms with Gasteiger partial charge in [0.05, 0.1) is 9.80 Å². The second-order valence-electron chi connectivity index (χ2n) is 2.63. The van der Waals surface area contributed by atoms with Gasteiger partial charge in [0.15, 0.2) is 0 Å². The van der Waals surface area contributed by atoms with E-state index in [9.17, 15) is 8.42 Å². The Balaban J connectivity index is 3.31. The number of allylic oxidation sites excluding steroid dienone is 1. The standard InChI is InChI=1S/C9H8Cl2O2S/c1-7(9(10)11)14(12,13)8-5-3-2-4-6-8/h2-6H,1H3. The molecule has 0 atom stereocenters. The molecule has 0 saturated carbocycles. The predicted molar refractivity (Wildman–Crippen MR) is 58.0 cm³/mol. The average Bonchev–Trinajstić information content (AvgIpc) is 2.18. The molecule has 1 aromatic rings. The van der Waals surface area contributed by atoms with Gasteiger partial charge in [-0.2, -0.15) is 0 Å². The Morgan fingerprint density at radius 3 is 2.07 bits per heavy atom. The number of rotatable bonds is 2. The van der Waals surface area contributed by atoms with E-state index in [1.165, 1.54) is 19.1 Å². The Hall–Kier alpha value is -0.510. The zero-order valence-electron chi connectivity index (χ0n) is 7.37. The molecular weight excluding hydrogens is 243 g/mol. The van der Waals surface area contributed by atoms with Crippen molar-refractivity contribution in [1.82, 2.24) is 0 Å². The summed E-state index contributed by atoms with van der Waals surface area (Å²) in [5.74, 6) is 0. The van der Waals surface area contributed by atoms with Gasteiger partial charge in [-0.1, -0.05) is 41.4 Å². The van der Waals surface area contributed by atoms with Crippen LogP contribution >= 0.6 is 23.2 Å². The van der Waals surface area contributed by atoms with Crippen LogP contribution in [0.3, 0.4) is 0 Å². The first kappa shape index (κ1) is 11.6. The van der Waals surface area contributed by atoms with Crippen molar-refractivity contribution < 1.29 is 8.42 Å². The van der Waals surface area contributed by atoms with Crippen LogP contribution in [-0.4, -0.2) is 8.42 Å². The predicted octanol–water partition coefficient (Wildman–Crippen LogP) is 3.13. The molecule has 0 saturated heterocycles. The van der Waals surface area contributed by atoms with Gasteiger partial charge >= 0.3 is 0 Å². The molecule has 0 heterocycles. The highest BCUT2D eigenvalue weighted by atomic mass is 35.5. The fourth-order valence-corrected chi connectivity index (χ4v) is 2.56. The fraction of sp³-hybridized carbons (Fsp3) is 0.111. The van der Waals surface area contributed by atoms with Crippen molar-refractivity contribution in [2.45, 2.75) is 11.8 Å². The minimum absolute atomic E-state index is 0.0352. The van der Waals surface area contributed by atoms with E-state index in [0.29, 0.717) is 0 Å². The third kappa shape index (κ3) is 2.29. The van der Waals surface area contributed by atoms with Crippen LogP contribution in [0.25, 0.3) is 0 Å². The van der Waals surface area contributed by atoms with Gasteiger partial charge in [-0.3, -0.25) is 0 Å². The summed E-state index contributed by atoms with van der Waals surface area (Å²) < 4.78 is 23.3. The van der Waals surface area contributed by atoms with Crippen LogP contribution in [-0.2, 0) is 9.84 Å². The quantitative estimate of drug-likeness (QED) is 0.809. The highest BCUT2D eigenvalue weighted by Crippen LogP contribution is 2.24. The average molecular weight is 251 g/mol. The van der Waals surface area contributed by atoms with Crippen LogP contribution in [0.1, 0.15) is 6.92 Å². The molecule has 5 heteroatoms. The summed E-state index contributed by atoms with van der Waals surface area (Å²) in [5.41, 5.74) is 0. The molecule has 2 nitrogen and oxygen atoms in total. The van der Waals surface area contributed by atoms with Gasteiger partial charge in [0.1, 0.15) is 4.49 Å². The van der Waals surface area contributed by atoms with Crippen LogP contribution in [0.2, 0.25) is 0 Å². The molecule has 0 fully saturated rings. The van der Waals surface area contributed by atoms with Crippen molar-refractivity contribution in [3.8, 4) is 0 Å². The molecule has 1 aromatic carbocycles. The molecule has 0 aliphatic heterocycles. The van der Waals surface area contributed by atoms with Gasteiger partial charge in [0.2, 0.25) is 9.84 Å². The van der Waals surface area contributed by atoms with E-state index in [1.807, 2.05) is 0 Å². The van der Waals surface area contributed by atoms with Crippen molar-refractivity contribution in [2.24, 2.45) is 0 Å². The Labute approximate surface area is 93.1 Å². The van der Waals surface area contributed by atoms with E-state index in [-0.39, 0.29) is 14.3 Å². The normalized spacial score (nSPS) is 11.1. The zero-order chi connectivity index (χ0) is 10.8. The summed E-state index contributed by atoms with van der Waals surface area (Å²) in [6, 6.07) is 8.01. The number of benzene rings is 1. The van der Waals surface area contributed by atoms with E-state index in [1.54, 1.807) is 18.2 Å². The number of hydrogen-bond acceptors (Lipinski definition) is 2. The second kappa shape index (κ2) is 4.34. The summed E-state index contributed by atoms with van der Waals surface area (Å²) in [6.45, 7) is 1.37. The largest absolute Gasteiger partial charge is 0.219 e. The molecule has 0 bridgehead atoms. The second-order valence-corrected chi connectivity index (χ2v) is 5.67. The minimum Gasteiger partial charge on any atom is -0.219 e. The van der Waals surface area contributed by atoms with Crippen molar-refractivity contribution >= 4 is 33.0 Å². The van der Waals surface area contributed by atoms with E-state index in [0.717, 1.165) is 0 Å². The molecule has 0 unspecified atom stereocenters. The number of halogens is 2.